The van der Waals surface area contributed by atoms with Crippen LogP contribution in [0, 0.1) is 0 Å². The summed E-state index contributed by atoms with van der Waals surface area (Å²) in [4.78, 5) is 15.2. The Morgan fingerprint density at radius 2 is 0.646 bits per heavy atom. The van der Waals surface area contributed by atoms with Gasteiger partial charge in [-0.3, -0.25) is 0 Å². The lowest BCUT2D eigenvalue weighted by atomic mass is 9.90. The summed E-state index contributed by atoms with van der Waals surface area (Å²) in [6, 6.07) is 65.2. The third-order valence-electron chi connectivity index (χ3n) is 8.56. The maximum absolute atomic E-state index is 5.13. The van der Waals surface area contributed by atoms with Gasteiger partial charge in [0.1, 0.15) is 0 Å². The highest BCUT2D eigenvalue weighted by Crippen LogP contribution is 2.38. The Kier molecular flexibility index (Phi) is 7.92. The first-order valence-electron chi connectivity index (χ1n) is 16.1. The topological polar surface area (TPSA) is 38.7 Å². The average Bonchev–Trinajstić information content (AvgIpc) is 3.19. The molecular formula is C45H31N3. The Balaban J connectivity index is 1.28. The van der Waals surface area contributed by atoms with Crippen molar-refractivity contribution >= 4 is 0 Å². The molecule has 48 heavy (non-hydrogen) atoms. The van der Waals surface area contributed by atoms with Crippen LogP contribution in [0.2, 0.25) is 0 Å². The molecule has 226 valence electrons. The molecule has 0 aliphatic carbocycles. The number of hydrogen-bond donors (Lipinski definition) is 0. The van der Waals surface area contributed by atoms with Crippen LogP contribution >= 0.6 is 0 Å². The van der Waals surface area contributed by atoms with Gasteiger partial charge in [0.2, 0.25) is 0 Å². The maximum atomic E-state index is 5.13. The van der Waals surface area contributed by atoms with Crippen LogP contribution in [0.5, 0.6) is 0 Å². The van der Waals surface area contributed by atoms with Gasteiger partial charge in [-0.1, -0.05) is 176 Å². The number of rotatable bonds is 7. The molecule has 0 radical (unpaired) electrons. The summed E-state index contributed by atoms with van der Waals surface area (Å²) in [6.45, 7) is 0. The highest BCUT2D eigenvalue weighted by atomic mass is 15.0. The minimum absolute atomic E-state index is 0.630. The van der Waals surface area contributed by atoms with E-state index in [4.69, 9.17) is 15.0 Å². The van der Waals surface area contributed by atoms with Crippen LogP contribution in [0.15, 0.2) is 188 Å². The van der Waals surface area contributed by atoms with E-state index >= 15 is 0 Å². The molecule has 1 aromatic heterocycles. The van der Waals surface area contributed by atoms with Gasteiger partial charge in [-0.05, 0) is 56.6 Å². The van der Waals surface area contributed by atoms with E-state index < -0.39 is 0 Å². The predicted octanol–water partition coefficient (Wildman–Crippen LogP) is 11.5. The van der Waals surface area contributed by atoms with Gasteiger partial charge < -0.3 is 0 Å². The van der Waals surface area contributed by atoms with Crippen molar-refractivity contribution in [2.75, 3.05) is 0 Å². The summed E-state index contributed by atoms with van der Waals surface area (Å²) in [5.74, 6) is 1.91. The summed E-state index contributed by atoms with van der Waals surface area (Å²) < 4.78 is 0. The molecular weight excluding hydrogens is 583 g/mol. The van der Waals surface area contributed by atoms with Crippen LogP contribution < -0.4 is 0 Å². The Hall–Kier alpha value is -6.45. The monoisotopic (exact) mass is 613 g/mol. The minimum atomic E-state index is 0.630. The van der Waals surface area contributed by atoms with E-state index in [2.05, 4.69) is 146 Å². The maximum Gasteiger partial charge on any atom is 0.164 e. The third kappa shape index (κ3) is 5.93. The first-order chi connectivity index (χ1) is 23.8. The van der Waals surface area contributed by atoms with Crippen molar-refractivity contribution in [1.29, 1.82) is 0 Å². The van der Waals surface area contributed by atoms with Crippen LogP contribution in [0.1, 0.15) is 0 Å². The molecule has 3 heteroatoms. The highest BCUT2D eigenvalue weighted by Gasteiger charge is 2.17. The quantitative estimate of drug-likeness (QED) is 0.179. The summed E-state index contributed by atoms with van der Waals surface area (Å²) in [5.41, 5.74) is 12.0. The largest absolute Gasteiger partial charge is 0.208 e. The van der Waals surface area contributed by atoms with E-state index in [1.807, 2.05) is 42.5 Å². The van der Waals surface area contributed by atoms with Gasteiger partial charge in [-0.15, -0.1) is 0 Å². The standard InChI is InChI=1S/C45H31N3/c1-5-16-32(17-6-1)36-28-29-40(42(31-36)34-20-9-3-10-21-34)37-24-15-25-38(30-37)44-46-43(35-22-11-4-12-23-35)47-45(48-44)41-27-14-13-26-39(41)33-18-7-2-8-19-33/h1-31H. The van der Waals surface area contributed by atoms with Crippen molar-refractivity contribution in [2.24, 2.45) is 0 Å². The summed E-state index contributed by atoms with van der Waals surface area (Å²) >= 11 is 0. The molecule has 8 aromatic rings. The third-order valence-corrected chi connectivity index (χ3v) is 8.56. The van der Waals surface area contributed by atoms with Crippen LogP contribution in [0.4, 0.5) is 0 Å². The van der Waals surface area contributed by atoms with Crippen molar-refractivity contribution in [3.63, 3.8) is 0 Å². The molecule has 0 unspecified atom stereocenters. The first-order valence-corrected chi connectivity index (χ1v) is 16.1. The zero-order chi connectivity index (χ0) is 32.1. The molecule has 1 heterocycles. The number of aromatic nitrogens is 3. The second-order valence-corrected chi connectivity index (χ2v) is 11.7. The minimum Gasteiger partial charge on any atom is -0.208 e. The fraction of sp³-hybridized carbons (Fsp3) is 0. The summed E-state index contributed by atoms with van der Waals surface area (Å²) in [6.07, 6.45) is 0. The number of hydrogen-bond acceptors (Lipinski definition) is 3. The van der Waals surface area contributed by atoms with Crippen molar-refractivity contribution in [3.05, 3.63) is 188 Å². The molecule has 0 fully saturated rings. The van der Waals surface area contributed by atoms with Crippen molar-refractivity contribution in [1.82, 2.24) is 15.0 Å². The molecule has 3 nitrogen and oxygen atoms in total. The molecule has 7 aromatic carbocycles. The van der Waals surface area contributed by atoms with Gasteiger partial charge in [-0.2, -0.15) is 0 Å². The Morgan fingerprint density at radius 3 is 1.29 bits per heavy atom. The highest BCUT2D eigenvalue weighted by molar-refractivity contribution is 5.88. The molecule has 0 aliphatic rings. The molecule has 0 N–H and O–H groups in total. The zero-order valence-electron chi connectivity index (χ0n) is 26.2. The SMILES string of the molecule is c1ccc(-c2ccc(-c3cccc(-c4nc(-c5ccccc5)nc(-c5ccccc5-c5ccccc5)n4)c3)c(-c3ccccc3)c2)cc1. The predicted molar refractivity (Wildman–Crippen MR) is 198 cm³/mol. The Morgan fingerprint density at radius 1 is 0.208 bits per heavy atom. The fourth-order valence-corrected chi connectivity index (χ4v) is 6.18. The lowest BCUT2D eigenvalue weighted by Crippen LogP contribution is -2.01. The molecule has 0 aliphatic heterocycles. The lowest BCUT2D eigenvalue weighted by Gasteiger charge is -2.15. The fourth-order valence-electron chi connectivity index (χ4n) is 6.18. The molecule has 0 saturated heterocycles. The number of nitrogens with zero attached hydrogens (tertiary/aromatic N) is 3. The van der Waals surface area contributed by atoms with Gasteiger partial charge in [0.05, 0.1) is 0 Å². The van der Waals surface area contributed by atoms with E-state index in [0.717, 1.165) is 38.9 Å². The van der Waals surface area contributed by atoms with Crippen LogP contribution in [0.25, 0.3) is 78.7 Å². The lowest BCUT2D eigenvalue weighted by molar-refractivity contribution is 1.07. The van der Waals surface area contributed by atoms with E-state index in [-0.39, 0.29) is 0 Å². The molecule has 0 spiro atoms. The summed E-state index contributed by atoms with van der Waals surface area (Å²) in [7, 11) is 0. The molecule has 0 amide bonds. The van der Waals surface area contributed by atoms with Crippen LogP contribution in [-0.2, 0) is 0 Å². The van der Waals surface area contributed by atoms with Gasteiger partial charge >= 0.3 is 0 Å². The van der Waals surface area contributed by atoms with Crippen molar-refractivity contribution in [2.45, 2.75) is 0 Å². The zero-order valence-corrected chi connectivity index (χ0v) is 26.2. The van der Waals surface area contributed by atoms with E-state index in [0.29, 0.717) is 17.5 Å². The van der Waals surface area contributed by atoms with E-state index in [9.17, 15) is 0 Å². The summed E-state index contributed by atoms with van der Waals surface area (Å²) in [5, 5.41) is 0. The van der Waals surface area contributed by atoms with Crippen LogP contribution in [-0.4, -0.2) is 15.0 Å². The van der Waals surface area contributed by atoms with Gasteiger partial charge in [-0.25, -0.2) is 15.0 Å². The smallest absolute Gasteiger partial charge is 0.164 e. The Bertz CT molecular complexity index is 2320. The molecule has 0 atom stereocenters. The molecule has 0 bridgehead atoms. The average molecular weight is 614 g/mol. The van der Waals surface area contributed by atoms with Gasteiger partial charge in [0.15, 0.2) is 17.5 Å². The number of benzene rings is 7. The van der Waals surface area contributed by atoms with E-state index in [1.54, 1.807) is 0 Å². The molecule has 8 rings (SSSR count). The van der Waals surface area contributed by atoms with Crippen molar-refractivity contribution in [3.8, 4) is 78.7 Å². The normalized spacial score (nSPS) is 10.9. The second-order valence-electron chi connectivity index (χ2n) is 11.7. The Labute approximate surface area is 280 Å². The van der Waals surface area contributed by atoms with E-state index in [1.165, 1.54) is 22.3 Å². The first kappa shape index (κ1) is 29.0. The second kappa shape index (κ2) is 13.1. The van der Waals surface area contributed by atoms with Gasteiger partial charge in [0.25, 0.3) is 0 Å². The van der Waals surface area contributed by atoms with Gasteiger partial charge in [0, 0.05) is 16.7 Å². The van der Waals surface area contributed by atoms with Crippen LogP contribution in [0.3, 0.4) is 0 Å². The molecule has 0 saturated carbocycles. The van der Waals surface area contributed by atoms with Crippen molar-refractivity contribution < 1.29 is 0 Å².